The fourth-order valence-electron chi connectivity index (χ4n) is 3.21. The Morgan fingerprint density at radius 1 is 1.07 bits per heavy atom. The quantitative estimate of drug-likeness (QED) is 0.638. The summed E-state index contributed by atoms with van der Waals surface area (Å²) < 4.78 is 37.4. The molecule has 0 saturated carbocycles. The molecule has 0 aliphatic carbocycles. The summed E-state index contributed by atoms with van der Waals surface area (Å²) in [6.45, 7) is 4.86. The molecule has 29 heavy (non-hydrogen) atoms. The van der Waals surface area contributed by atoms with Gasteiger partial charge >= 0.3 is 5.97 Å². The van der Waals surface area contributed by atoms with E-state index >= 15 is 0 Å². The van der Waals surface area contributed by atoms with Crippen LogP contribution in [0, 0.1) is 0 Å². The molecule has 0 aromatic heterocycles. The lowest BCUT2D eigenvalue weighted by molar-refractivity contribution is -0.139. The third-order valence-corrected chi connectivity index (χ3v) is 6.33. The molecular weight excluding hydrogens is 396 g/mol. The second-order valence-corrected chi connectivity index (χ2v) is 9.00. The molecule has 1 heterocycles. The topological polar surface area (TPSA) is 102 Å². The van der Waals surface area contributed by atoms with Crippen LogP contribution >= 0.6 is 0 Å². The van der Waals surface area contributed by atoms with Crippen molar-refractivity contribution in [1.82, 2.24) is 9.62 Å². The van der Waals surface area contributed by atoms with Crippen molar-refractivity contribution in [2.45, 2.75) is 56.6 Å². The number of methoxy groups -OCH3 is 1. The SMILES string of the molecule is COC[C@H](C)NS(=O)(=O)c1ccc(C(=O)O[C@H](C)C(=O)N2CCCCCC2)cc1. The molecular formula is C20H30N2O6S. The normalized spacial score (nSPS) is 17.3. The number of nitrogens with zero attached hydrogens (tertiary/aromatic N) is 1. The van der Waals surface area contributed by atoms with Crippen molar-refractivity contribution in [3.8, 4) is 0 Å². The molecule has 2 rings (SSSR count). The van der Waals surface area contributed by atoms with Crippen LogP contribution in [0.4, 0.5) is 0 Å². The number of hydrogen-bond acceptors (Lipinski definition) is 6. The average Bonchev–Trinajstić information content (AvgIpc) is 2.96. The lowest BCUT2D eigenvalue weighted by Crippen LogP contribution is -2.40. The molecule has 0 unspecified atom stereocenters. The first kappa shape index (κ1) is 23.3. The highest BCUT2D eigenvalue weighted by Crippen LogP contribution is 2.15. The van der Waals surface area contributed by atoms with E-state index in [1.807, 2.05) is 0 Å². The summed E-state index contributed by atoms with van der Waals surface area (Å²) in [4.78, 5) is 26.6. The van der Waals surface area contributed by atoms with E-state index in [9.17, 15) is 18.0 Å². The van der Waals surface area contributed by atoms with Gasteiger partial charge in [0.2, 0.25) is 10.0 Å². The maximum Gasteiger partial charge on any atom is 0.338 e. The van der Waals surface area contributed by atoms with Gasteiger partial charge in [0.05, 0.1) is 17.1 Å². The number of benzene rings is 1. The third kappa shape index (κ3) is 6.80. The lowest BCUT2D eigenvalue weighted by Gasteiger charge is -2.24. The Morgan fingerprint density at radius 2 is 1.66 bits per heavy atom. The second kappa shape index (κ2) is 10.7. The van der Waals surface area contributed by atoms with Crippen LogP contribution in [0.3, 0.4) is 0 Å². The third-order valence-electron chi connectivity index (χ3n) is 4.72. The summed E-state index contributed by atoms with van der Waals surface area (Å²) in [5.41, 5.74) is 0.185. The van der Waals surface area contributed by atoms with Crippen molar-refractivity contribution in [2.75, 3.05) is 26.8 Å². The first-order valence-electron chi connectivity index (χ1n) is 9.85. The van der Waals surface area contributed by atoms with Crippen LogP contribution in [0.15, 0.2) is 29.2 Å². The Kier molecular flexibility index (Phi) is 8.60. The van der Waals surface area contributed by atoms with E-state index < -0.39 is 22.1 Å². The van der Waals surface area contributed by atoms with E-state index in [0.29, 0.717) is 13.1 Å². The Hall–Kier alpha value is -1.97. The average molecular weight is 427 g/mol. The van der Waals surface area contributed by atoms with Gasteiger partial charge in [-0.3, -0.25) is 4.79 Å². The van der Waals surface area contributed by atoms with Gasteiger partial charge in [0.25, 0.3) is 5.91 Å². The van der Waals surface area contributed by atoms with E-state index in [1.165, 1.54) is 31.4 Å². The van der Waals surface area contributed by atoms with Gasteiger partial charge in [-0.1, -0.05) is 12.8 Å². The number of carbonyl (C=O) groups is 2. The number of likely N-dealkylation sites (tertiary alicyclic amines) is 1. The number of amides is 1. The van der Waals surface area contributed by atoms with E-state index in [4.69, 9.17) is 9.47 Å². The van der Waals surface area contributed by atoms with Gasteiger partial charge in [0, 0.05) is 26.2 Å². The van der Waals surface area contributed by atoms with Crippen LogP contribution in [0.1, 0.15) is 49.9 Å². The van der Waals surface area contributed by atoms with Crippen LogP contribution in [0.5, 0.6) is 0 Å². The monoisotopic (exact) mass is 426 g/mol. The maximum absolute atomic E-state index is 12.5. The molecule has 162 valence electrons. The van der Waals surface area contributed by atoms with Gasteiger partial charge in [-0.05, 0) is 51.0 Å². The highest BCUT2D eigenvalue weighted by molar-refractivity contribution is 7.89. The number of hydrogen-bond donors (Lipinski definition) is 1. The van der Waals surface area contributed by atoms with Crippen LogP contribution < -0.4 is 4.72 Å². The number of esters is 1. The van der Waals surface area contributed by atoms with Gasteiger partial charge in [-0.15, -0.1) is 0 Å². The maximum atomic E-state index is 12.5. The van der Waals surface area contributed by atoms with Gasteiger partial charge in [-0.25, -0.2) is 17.9 Å². The molecule has 1 aromatic rings. The molecule has 0 spiro atoms. The first-order valence-corrected chi connectivity index (χ1v) is 11.3. The molecule has 1 saturated heterocycles. The lowest BCUT2D eigenvalue weighted by atomic mass is 10.2. The van der Waals surface area contributed by atoms with Gasteiger partial charge in [0.15, 0.2) is 6.10 Å². The van der Waals surface area contributed by atoms with Crippen LogP contribution in [0.25, 0.3) is 0 Å². The minimum absolute atomic E-state index is 0.0331. The number of rotatable bonds is 8. The fourth-order valence-corrected chi connectivity index (χ4v) is 4.44. The zero-order chi connectivity index (χ0) is 21.4. The van der Waals surface area contributed by atoms with Crippen LogP contribution in [-0.4, -0.2) is 64.1 Å². The van der Waals surface area contributed by atoms with Crippen molar-refractivity contribution in [3.63, 3.8) is 0 Å². The van der Waals surface area contributed by atoms with Crippen molar-refractivity contribution >= 4 is 21.9 Å². The molecule has 1 fully saturated rings. The van der Waals surface area contributed by atoms with Crippen LogP contribution in [-0.2, 0) is 24.3 Å². The molecule has 1 aromatic carbocycles. The standard InChI is InChI=1S/C20H30N2O6S/c1-15(14-27-3)21-29(25,26)18-10-8-17(9-11-18)20(24)28-16(2)19(23)22-12-6-4-5-7-13-22/h8-11,15-16,21H,4-7,12-14H2,1-3H3/t15-,16+/m0/s1. The molecule has 1 N–H and O–H groups in total. The number of carbonyl (C=O) groups excluding carboxylic acids is 2. The van der Waals surface area contributed by atoms with Gasteiger partial charge in [-0.2, -0.15) is 0 Å². The summed E-state index contributed by atoms with van der Waals surface area (Å²) >= 11 is 0. The van der Waals surface area contributed by atoms with Crippen molar-refractivity contribution in [3.05, 3.63) is 29.8 Å². The second-order valence-electron chi connectivity index (χ2n) is 7.29. The Bertz CT molecular complexity index is 786. The summed E-state index contributed by atoms with van der Waals surface area (Å²) in [5.74, 6) is -0.860. The van der Waals surface area contributed by atoms with E-state index in [2.05, 4.69) is 4.72 Å². The van der Waals surface area contributed by atoms with Crippen molar-refractivity contribution < 1.29 is 27.5 Å². The number of nitrogens with one attached hydrogen (secondary N) is 1. The first-order chi connectivity index (χ1) is 13.7. The summed E-state index contributed by atoms with van der Waals surface area (Å²) in [6.07, 6.45) is 3.23. The Morgan fingerprint density at radius 3 is 2.21 bits per heavy atom. The fraction of sp³-hybridized carbons (Fsp3) is 0.600. The molecule has 8 nitrogen and oxygen atoms in total. The minimum Gasteiger partial charge on any atom is -0.449 e. The zero-order valence-electron chi connectivity index (χ0n) is 17.2. The van der Waals surface area contributed by atoms with E-state index in [1.54, 1.807) is 18.7 Å². The minimum atomic E-state index is -3.72. The molecule has 1 amide bonds. The molecule has 1 aliphatic rings. The molecule has 0 radical (unpaired) electrons. The van der Waals surface area contributed by atoms with Crippen molar-refractivity contribution in [1.29, 1.82) is 0 Å². The Labute approximate surface area is 172 Å². The summed E-state index contributed by atoms with van der Waals surface area (Å²) in [5, 5.41) is 0. The Balaban J connectivity index is 1.98. The largest absolute Gasteiger partial charge is 0.449 e. The van der Waals surface area contributed by atoms with Gasteiger partial charge < -0.3 is 14.4 Å². The summed E-state index contributed by atoms with van der Waals surface area (Å²) in [6, 6.07) is 5.03. The number of ether oxygens (including phenoxy) is 2. The molecule has 1 aliphatic heterocycles. The molecule has 9 heteroatoms. The highest BCUT2D eigenvalue weighted by atomic mass is 32.2. The predicted molar refractivity (Wildman–Crippen MR) is 108 cm³/mol. The van der Waals surface area contributed by atoms with Crippen LogP contribution in [0.2, 0.25) is 0 Å². The van der Waals surface area contributed by atoms with E-state index in [-0.39, 0.29) is 29.0 Å². The predicted octanol–water partition coefficient (Wildman–Crippen LogP) is 1.95. The van der Waals surface area contributed by atoms with E-state index in [0.717, 1.165) is 25.7 Å². The molecule has 0 bridgehead atoms. The molecule has 2 atom stereocenters. The number of sulfonamides is 1. The summed E-state index contributed by atoms with van der Waals surface area (Å²) in [7, 11) is -2.23. The van der Waals surface area contributed by atoms with Gasteiger partial charge in [0.1, 0.15) is 0 Å². The smallest absolute Gasteiger partial charge is 0.338 e. The van der Waals surface area contributed by atoms with Crippen molar-refractivity contribution in [2.24, 2.45) is 0 Å². The highest BCUT2D eigenvalue weighted by Gasteiger charge is 2.25. The zero-order valence-corrected chi connectivity index (χ0v) is 18.0.